The first-order valence-electron chi connectivity index (χ1n) is 7.39. The van der Waals surface area contributed by atoms with Crippen molar-refractivity contribution >= 4 is 11.4 Å². The van der Waals surface area contributed by atoms with Crippen LogP contribution in [0.1, 0.15) is 6.92 Å². The zero-order valence-corrected chi connectivity index (χ0v) is 12.9. The molecule has 10 heteroatoms. The zero-order valence-electron chi connectivity index (χ0n) is 12.9. The van der Waals surface area contributed by atoms with Gasteiger partial charge in [-0.1, -0.05) is 0 Å². The first-order chi connectivity index (χ1) is 11.4. The number of benzene rings is 1. The molecule has 1 heterocycles. The average molecular weight is 345 g/mol. The van der Waals surface area contributed by atoms with Crippen molar-refractivity contribution in [3.05, 3.63) is 23.4 Å². The van der Waals surface area contributed by atoms with Crippen molar-refractivity contribution in [2.24, 2.45) is 0 Å². The highest BCUT2D eigenvalue weighted by Gasteiger charge is 2.43. The number of ether oxygens (including phenoxy) is 2. The maximum Gasteiger partial charge on any atom is 0.157 e. The van der Waals surface area contributed by atoms with Crippen LogP contribution in [0, 0.1) is 5.21 Å². The first-order valence-corrected chi connectivity index (χ1v) is 7.39. The SMILES string of the molecule is CCOc1ccc(N[C@H]2O[C@H](CO)[C@@H](O)[C@H](O)[C@@H]2O)c(N([O-])O)c1. The second kappa shape index (κ2) is 7.94. The lowest BCUT2D eigenvalue weighted by Gasteiger charge is -2.41. The summed E-state index contributed by atoms with van der Waals surface area (Å²) < 4.78 is 10.5. The number of hydrogen-bond donors (Lipinski definition) is 6. The summed E-state index contributed by atoms with van der Waals surface area (Å²) in [6, 6.07) is 4.23. The maximum atomic E-state index is 11.3. The molecule has 0 aliphatic carbocycles. The van der Waals surface area contributed by atoms with Gasteiger partial charge in [-0.3, -0.25) is 5.21 Å². The van der Waals surface area contributed by atoms with E-state index in [1.54, 1.807) is 6.92 Å². The summed E-state index contributed by atoms with van der Waals surface area (Å²) in [5, 5.41) is 61.5. The Morgan fingerprint density at radius 3 is 2.54 bits per heavy atom. The fourth-order valence-electron chi connectivity index (χ4n) is 2.42. The van der Waals surface area contributed by atoms with Crippen LogP contribution < -0.4 is 15.3 Å². The number of nitrogens with one attached hydrogen (secondary N) is 1. The topological polar surface area (TPSA) is 158 Å². The molecule has 1 saturated heterocycles. The molecule has 1 fully saturated rings. The highest BCUT2D eigenvalue weighted by Crippen LogP contribution is 2.32. The molecule has 2 rings (SSSR count). The minimum atomic E-state index is -1.56. The van der Waals surface area contributed by atoms with Gasteiger partial charge in [0.2, 0.25) is 0 Å². The summed E-state index contributed by atoms with van der Waals surface area (Å²) in [4.78, 5) is 0. The van der Waals surface area contributed by atoms with Gasteiger partial charge in [-0.15, -0.1) is 0 Å². The number of aliphatic hydroxyl groups excluding tert-OH is 4. The van der Waals surface area contributed by atoms with Gasteiger partial charge in [0.1, 0.15) is 30.2 Å². The van der Waals surface area contributed by atoms with Crippen LogP contribution in [0.4, 0.5) is 11.4 Å². The third-order valence-electron chi connectivity index (χ3n) is 3.68. The molecule has 0 bridgehead atoms. The highest BCUT2D eigenvalue weighted by atomic mass is 16.8. The summed E-state index contributed by atoms with van der Waals surface area (Å²) in [7, 11) is 0. The molecular formula is C14H21N2O8-. The first kappa shape index (κ1) is 18.7. The van der Waals surface area contributed by atoms with E-state index in [9.17, 15) is 25.7 Å². The lowest BCUT2D eigenvalue weighted by Crippen LogP contribution is -2.60. The van der Waals surface area contributed by atoms with Crippen LogP contribution in [0.2, 0.25) is 0 Å². The smallest absolute Gasteiger partial charge is 0.157 e. The summed E-state index contributed by atoms with van der Waals surface area (Å²) in [6.07, 6.45) is -6.89. The Kier molecular flexibility index (Phi) is 6.18. The van der Waals surface area contributed by atoms with Crippen LogP contribution in [0.3, 0.4) is 0 Å². The second-order valence-electron chi connectivity index (χ2n) is 5.28. The van der Waals surface area contributed by atoms with Gasteiger partial charge in [-0.05, 0) is 19.1 Å². The molecule has 6 N–H and O–H groups in total. The molecule has 0 radical (unpaired) electrons. The summed E-state index contributed by atoms with van der Waals surface area (Å²) in [6.45, 7) is 1.55. The maximum absolute atomic E-state index is 11.3. The summed E-state index contributed by atoms with van der Waals surface area (Å²) >= 11 is 0. The Bertz CT molecular complexity index is 542. The molecule has 5 atom stereocenters. The third kappa shape index (κ3) is 3.87. The Morgan fingerprint density at radius 2 is 1.96 bits per heavy atom. The molecule has 24 heavy (non-hydrogen) atoms. The predicted molar refractivity (Wildman–Crippen MR) is 82.6 cm³/mol. The molecule has 10 nitrogen and oxygen atoms in total. The number of anilines is 2. The lowest BCUT2D eigenvalue weighted by molar-refractivity contribution is -0.221. The minimum absolute atomic E-state index is 0.0975. The Labute approximate surface area is 138 Å². The van der Waals surface area contributed by atoms with Crippen LogP contribution in [0.5, 0.6) is 5.75 Å². The largest absolute Gasteiger partial charge is 0.733 e. The Hall–Kier alpha value is -1.66. The summed E-state index contributed by atoms with van der Waals surface area (Å²) in [5.41, 5.74) is -0.0989. The standard InChI is InChI=1S/C14H21N2O8/c1-2-23-7-3-4-8(9(5-7)16(21)22)15-14-13(20)12(19)11(18)10(6-17)24-14/h3-5,10-15,17-21H,2,6H2,1H3/q-1/t10-,11-,12+,13+,14+/m1/s1. The summed E-state index contributed by atoms with van der Waals surface area (Å²) in [5.74, 6) is 0.349. The number of rotatable bonds is 6. The number of aliphatic hydroxyl groups is 4. The molecule has 0 spiro atoms. The van der Waals surface area contributed by atoms with Gasteiger partial charge in [0, 0.05) is 6.07 Å². The van der Waals surface area contributed by atoms with Gasteiger partial charge in [-0.25, -0.2) is 0 Å². The van der Waals surface area contributed by atoms with E-state index in [2.05, 4.69) is 5.32 Å². The molecular weight excluding hydrogens is 324 g/mol. The van der Waals surface area contributed by atoms with E-state index in [-0.39, 0.29) is 16.6 Å². The average Bonchev–Trinajstić information content (AvgIpc) is 2.56. The zero-order chi connectivity index (χ0) is 17.9. The van der Waals surface area contributed by atoms with E-state index in [1.165, 1.54) is 18.2 Å². The van der Waals surface area contributed by atoms with Crippen molar-refractivity contribution < 1.29 is 35.1 Å². The number of hydrogen-bond acceptors (Lipinski definition) is 10. The minimum Gasteiger partial charge on any atom is -0.733 e. The predicted octanol–water partition coefficient (Wildman–Crippen LogP) is -1.01. The van der Waals surface area contributed by atoms with Gasteiger partial charge in [0.15, 0.2) is 6.23 Å². The third-order valence-corrected chi connectivity index (χ3v) is 3.68. The molecule has 0 aromatic heterocycles. The molecule has 0 amide bonds. The number of nitrogens with zero attached hydrogens (tertiary/aromatic N) is 1. The Balaban J connectivity index is 2.22. The van der Waals surface area contributed by atoms with Gasteiger partial charge in [-0.2, -0.15) is 0 Å². The van der Waals surface area contributed by atoms with E-state index in [0.717, 1.165) is 0 Å². The quantitative estimate of drug-likeness (QED) is 0.353. The van der Waals surface area contributed by atoms with Crippen molar-refractivity contribution in [3.8, 4) is 5.75 Å². The van der Waals surface area contributed by atoms with Crippen molar-refractivity contribution in [2.45, 2.75) is 37.6 Å². The molecule has 1 aromatic rings. The van der Waals surface area contributed by atoms with Gasteiger partial charge >= 0.3 is 0 Å². The van der Waals surface area contributed by atoms with Crippen molar-refractivity contribution in [2.75, 3.05) is 23.8 Å². The molecule has 1 aliphatic rings. The molecule has 1 aromatic carbocycles. The van der Waals surface area contributed by atoms with E-state index in [1.807, 2.05) is 0 Å². The molecule has 1 aliphatic heterocycles. The van der Waals surface area contributed by atoms with Crippen LogP contribution >= 0.6 is 0 Å². The normalized spacial score (nSPS) is 30.0. The van der Waals surface area contributed by atoms with Crippen LogP contribution in [0.15, 0.2) is 18.2 Å². The Morgan fingerprint density at radius 1 is 1.25 bits per heavy atom. The van der Waals surface area contributed by atoms with E-state index >= 15 is 0 Å². The lowest BCUT2D eigenvalue weighted by atomic mass is 9.98. The monoisotopic (exact) mass is 345 g/mol. The van der Waals surface area contributed by atoms with Gasteiger partial charge < -0.3 is 45.7 Å². The molecule has 136 valence electrons. The van der Waals surface area contributed by atoms with Crippen molar-refractivity contribution in [1.82, 2.24) is 0 Å². The fraction of sp³-hybridized carbons (Fsp3) is 0.571. The van der Waals surface area contributed by atoms with E-state index < -0.39 is 37.3 Å². The van der Waals surface area contributed by atoms with E-state index in [0.29, 0.717) is 12.4 Å². The molecule has 0 unspecified atom stereocenters. The van der Waals surface area contributed by atoms with E-state index in [4.69, 9.17) is 14.6 Å². The fourth-order valence-corrected chi connectivity index (χ4v) is 2.42. The van der Waals surface area contributed by atoms with Crippen LogP contribution in [-0.2, 0) is 4.74 Å². The second-order valence-corrected chi connectivity index (χ2v) is 5.28. The molecule has 0 saturated carbocycles. The van der Waals surface area contributed by atoms with Gasteiger partial charge in [0.25, 0.3) is 0 Å². The van der Waals surface area contributed by atoms with Gasteiger partial charge in [0.05, 0.1) is 24.6 Å². The highest BCUT2D eigenvalue weighted by molar-refractivity contribution is 5.71. The van der Waals surface area contributed by atoms with Crippen molar-refractivity contribution in [3.63, 3.8) is 0 Å². The van der Waals surface area contributed by atoms with Crippen LogP contribution in [0.25, 0.3) is 0 Å². The van der Waals surface area contributed by atoms with Crippen molar-refractivity contribution in [1.29, 1.82) is 0 Å². The van der Waals surface area contributed by atoms with Crippen LogP contribution in [-0.4, -0.2) is 69.5 Å².